The Hall–Kier alpha value is -0.430. The number of sulfonamides is 1. The summed E-state index contributed by atoms with van der Waals surface area (Å²) in [5.41, 5.74) is 6.43. The van der Waals surface area contributed by atoms with Crippen molar-refractivity contribution in [1.82, 2.24) is 4.72 Å². The molecule has 2 atom stereocenters. The molecule has 6 heteroatoms. The van der Waals surface area contributed by atoms with Crippen molar-refractivity contribution in [2.75, 3.05) is 6.54 Å². The van der Waals surface area contributed by atoms with Crippen molar-refractivity contribution in [2.45, 2.75) is 51.0 Å². The molecule has 1 aromatic rings. The number of aryl methyl sites for hydroxylation is 1. The number of hydrogen-bond donors (Lipinski definition) is 2. The van der Waals surface area contributed by atoms with E-state index in [0.717, 1.165) is 16.9 Å². The van der Waals surface area contributed by atoms with Crippen LogP contribution < -0.4 is 10.5 Å². The minimum atomic E-state index is -3.43. The summed E-state index contributed by atoms with van der Waals surface area (Å²) in [5.74, 6) is 1.06. The summed E-state index contributed by atoms with van der Waals surface area (Å²) < 4.78 is 27.8. The van der Waals surface area contributed by atoms with Crippen LogP contribution in [0.5, 0.6) is 0 Å². The molecule has 0 aromatic carbocycles. The molecule has 1 aliphatic rings. The van der Waals surface area contributed by atoms with Gasteiger partial charge in [0.05, 0.1) is 0 Å². The molecular weight excluding hydrogens is 292 g/mol. The predicted molar refractivity (Wildman–Crippen MR) is 83.3 cm³/mol. The first-order chi connectivity index (χ1) is 9.45. The lowest BCUT2D eigenvalue weighted by Crippen LogP contribution is -2.34. The predicted octanol–water partition coefficient (Wildman–Crippen LogP) is 2.62. The molecule has 0 radical (unpaired) electrons. The summed E-state index contributed by atoms with van der Waals surface area (Å²) in [4.78, 5) is 1.14. The fourth-order valence-corrected chi connectivity index (χ4v) is 5.77. The van der Waals surface area contributed by atoms with Gasteiger partial charge >= 0.3 is 0 Å². The lowest BCUT2D eigenvalue weighted by Gasteiger charge is -2.28. The van der Waals surface area contributed by atoms with Crippen molar-refractivity contribution in [3.63, 3.8) is 0 Å². The molecule has 0 saturated heterocycles. The van der Waals surface area contributed by atoms with Gasteiger partial charge in [0.25, 0.3) is 0 Å². The second-order valence-electron chi connectivity index (χ2n) is 5.75. The highest BCUT2D eigenvalue weighted by atomic mass is 32.2. The van der Waals surface area contributed by atoms with E-state index in [2.05, 4.69) is 11.6 Å². The van der Waals surface area contributed by atoms with Crippen molar-refractivity contribution in [3.8, 4) is 0 Å². The average molecular weight is 316 g/mol. The fourth-order valence-electron chi connectivity index (χ4n) is 2.97. The van der Waals surface area contributed by atoms with E-state index in [1.165, 1.54) is 30.6 Å². The van der Waals surface area contributed by atoms with Gasteiger partial charge in [0.1, 0.15) is 4.90 Å². The van der Waals surface area contributed by atoms with E-state index in [1.54, 1.807) is 0 Å². The van der Waals surface area contributed by atoms with Gasteiger partial charge in [-0.2, -0.15) is 0 Å². The molecule has 0 bridgehead atoms. The quantitative estimate of drug-likeness (QED) is 0.877. The zero-order valence-corrected chi connectivity index (χ0v) is 13.8. The van der Waals surface area contributed by atoms with Crippen LogP contribution in [-0.4, -0.2) is 15.0 Å². The van der Waals surface area contributed by atoms with Gasteiger partial charge in [-0.05, 0) is 36.1 Å². The SMILES string of the molecule is Cc1csc(CN)c1S(=O)(=O)NCC1CCCCC1C. The number of thiophene rings is 1. The van der Waals surface area contributed by atoms with Gasteiger partial charge in [-0.1, -0.05) is 26.2 Å². The Bertz CT molecular complexity index is 552. The van der Waals surface area contributed by atoms with Gasteiger partial charge in [-0.25, -0.2) is 13.1 Å². The average Bonchev–Trinajstić information content (AvgIpc) is 2.80. The molecule has 3 N–H and O–H groups in total. The summed E-state index contributed by atoms with van der Waals surface area (Å²) in [6.45, 7) is 4.87. The highest BCUT2D eigenvalue weighted by Gasteiger charge is 2.26. The largest absolute Gasteiger partial charge is 0.326 e. The third-order valence-electron chi connectivity index (χ3n) is 4.27. The number of rotatable bonds is 5. The van der Waals surface area contributed by atoms with E-state index in [0.29, 0.717) is 23.3 Å². The van der Waals surface area contributed by atoms with E-state index in [4.69, 9.17) is 5.73 Å². The Morgan fingerprint density at radius 2 is 2.10 bits per heavy atom. The Morgan fingerprint density at radius 3 is 2.75 bits per heavy atom. The Morgan fingerprint density at radius 1 is 1.40 bits per heavy atom. The topological polar surface area (TPSA) is 72.2 Å². The maximum Gasteiger partial charge on any atom is 0.241 e. The van der Waals surface area contributed by atoms with Crippen LogP contribution in [0.15, 0.2) is 10.3 Å². The molecule has 1 saturated carbocycles. The van der Waals surface area contributed by atoms with Crippen molar-refractivity contribution in [1.29, 1.82) is 0 Å². The van der Waals surface area contributed by atoms with Crippen LogP contribution in [0.4, 0.5) is 0 Å². The molecule has 1 fully saturated rings. The van der Waals surface area contributed by atoms with E-state index in [1.807, 2.05) is 12.3 Å². The van der Waals surface area contributed by atoms with Crippen LogP contribution in [0.25, 0.3) is 0 Å². The third-order valence-corrected chi connectivity index (χ3v) is 7.18. The molecular formula is C14H24N2O2S2. The molecule has 1 aliphatic carbocycles. The first kappa shape index (κ1) is 15.9. The van der Waals surface area contributed by atoms with Crippen LogP contribution >= 0.6 is 11.3 Å². The molecule has 114 valence electrons. The Labute approximate surface area is 125 Å². The van der Waals surface area contributed by atoms with Crippen LogP contribution in [0.1, 0.15) is 43.0 Å². The Balaban J connectivity index is 2.09. The number of nitrogens with two attached hydrogens (primary N) is 1. The summed E-state index contributed by atoms with van der Waals surface area (Å²) in [7, 11) is -3.43. The van der Waals surface area contributed by atoms with E-state index in [9.17, 15) is 8.42 Å². The molecule has 1 aromatic heterocycles. The van der Waals surface area contributed by atoms with Gasteiger partial charge in [-0.15, -0.1) is 11.3 Å². The van der Waals surface area contributed by atoms with Crippen molar-refractivity contribution >= 4 is 21.4 Å². The molecule has 0 spiro atoms. The fraction of sp³-hybridized carbons (Fsp3) is 0.714. The molecule has 0 amide bonds. The van der Waals surface area contributed by atoms with Crippen LogP contribution in [0.2, 0.25) is 0 Å². The molecule has 4 nitrogen and oxygen atoms in total. The van der Waals surface area contributed by atoms with Gasteiger partial charge in [0.15, 0.2) is 0 Å². The minimum absolute atomic E-state index is 0.272. The lowest BCUT2D eigenvalue weighted by molar-refractivity contribution is 0.257. The lowest BCUT2D eigenvalue weighted by atomic mass is 9.81. The molecule has 1 heterocycles. The summed E-state index contributed by atoms with van der Waals surface area (Å²) in [6.07, 6.45) is 4.81. The van der Waals surface area contributed by atoms with Crippen LogP contribution in [0, 0.1) is 18.8 Å². The van der Waals surface area contributed by atoms with Crippen LogP contribution in [0.3, 0.4) is 0 Å². The maximum absolute atomic E-state index is 12.5. The van der Waals surface area contributed by atoms with Crippen molar-refractivity contribution in [2.24, 2.45) is 17.6 Å². The van der Waals surface area contributed by atoms with Crippen molar-refractivity contribution < 1.29 is 8.42 Å². The highest BCUT2D eigenvalue weighted by Crippen LogP contribution is 2.30. The van der Waals surface area contributed by atoms with Crippen LogP contribution in [-0.2, 0) is 16.6 Å². The van der Waals surface area contributed by atoms with Gasteiger partial charge < -0.3 is 5.73 Å². The van der Waals surface area contributed by atoms with Gasteiger partial charge in [-0.3, -0.25) is 0 Å². The van der Waals surface area contributed by atoms with Gasteiger partial charge in [0.2, 0.25) is 10.0 Å². The van der Waals surface area contributed by atoms with E-state index < -0.39 is 10.0 Å². The first-order valence-corrected chi connectivity index (χ1v) is 9.58. The van der Waals surface area contributed by atoms with Crippen molar-refractivity contribution in [3.05, 3.63) is 15.8 Å². The van der Waals surface area contributed by atoms with E-state index >= 15 is 0 Å². The highest BCUT2D eigenvalue weighted by molar-refractivity contribution is 7.89. The number of hydrogen-bond acceptors (Lipinski definition) is 4. The van der Waals surface area contributed by atoms with Gasteiger partial charge in [0, 0.05) is 18.0 Å². The molecule has 20 heavy (non-hydrogen) atoms. The minimum Gasteiger partial charge on any atom is -0.326 e. The standard InChI is InChI=1S/C14H24N2O2S2/c1-10-5-3-4-6-12(10)8-16-20(17,18)14-11(2)9-19-13(14)7-15/h9-10,12,16H,3-8,15H2,1-2H3. The zero-order valence-electron chi connectivity index (χ0n) is 12.2. The second kappa shape index (κ2) is 6.56. The number of nitrogens with one attached hydrogen (secondary N) is 1. The molecule has 2 unspecified atom stereocenters. The first-order valence-electron chi connectivity index (χ1n) is 7.22. The summed E-state index contributed by atoms with van der Waals surface area (Å²) >= 11 is 1.42. The Kier molecular flexibility index (Phi) is 5.23. The normalized spacial score (nSPS) is 23.9. The monoisotopic (exact) mass is 316 g/mol. The zero-order chi connectivity index (χ0) is 14.8. The third kappa shape index (κ3) is 3.42. The summed E-state index contributed by atoms with van der Waals surface area (Å²) in [5, 5.41) is 1.86. The maximum atomic E-state index is 12.5. The summed E-state index contributed by atoms with van der Waals surface area (Å²) in [6, 6.07) is 0. The molecule has 0 aliphatic heterocycles. The van der Waals surface area contributed by atoms with E-state index in [-0.39, 0.29) is 6.54 Å². The molecule has 2 rings (SSSR count). The second-order valence-corrected chi connectivity index (χ2v) is 8.42. The smallest absolute Gasteiger partial charge is 0.241 e.